The number of hydrogen-bond acceptors (Lipinski definition) is 10. The van der Waals surface area contributed by atoms with Gasteiger partial charge in [0.25, 0.3) is 11.9 Å². The van der Waals surface area contributed by atoms with Crippen LogP contribution < -0.4 is 15.1 Å². The summed E-state index contributed by atoms with van der Waals surface area (Å²) in [5, 5.41) is 50.7. The molecule has 1 aromatic rings. The van der Waals surface area contributed by atoms with E-state index >= 15 is 0 Å². The SMILES string of the molecule is [B]C1(O)CN(c2ccc(N3CC(C(O)(O)NC(C)=O)OC3=O)cc2F)CC(O)(O)O1. The first-order valence-electron chi connectivity index (χ1n) is 8.61. The molecule has 2 heterocycles. The average molecular weight is 427 g/mol. The highest BCUT2D eigenvalue weighted by Gasteiger charge is 2.47. The number of cyclic esters (lactones) is 1. The molecule has 0 spiro atoms. The number of aliphatic hydroxyl groups is 5. The summed E-state index contributed by atoms with van der Waals surface area (Å²) in [5.41, 5.74) is -2.66. The van der Waals surface area contributed by atoms with Crippen molar-refractivity contribution in [2.45, 2.75) is 30.6 Å². The van der Waals surface area contributed by atoms with Crippen LogP contribution in [0.5, 0.6) is 0 Å². The summed E-state index contributed by atoms with van der Waals surface area (Å²) in [6, 6.07) is 3.37. The first kappa shape index (κ1) is 22.2. The van der Waals surface area contributed by atoms with E-state index in [4.69, 9.17) is 12.6 Å². The Bertz CT molecular complexity index is 850. The van der Waals surface area contributed by atoms with Gasteiger partial charge in [0.1, 0.15) is 11.5 Å². The molecule has 30 heavy (non-hydrogen) atoms. The van der Waals surface area contributed by atoms with Crippen molar-refractivity contribution < 1.29 is 49.0 Å². The Morgan fingerprint density at radius 1 is 1.33 bits per heavy atom. The lowest BCUT2D eigenvalue weighted by Gasteiger charge is -2.44. The van der Waals surface area contributed by atoms with Gasteiger partial charge in [-0.05, 0) is 18.2 Å². The molecular weight excluding hydrogens is 408 g/mol. The second kappa shape index (κ2) is 7.33. The van der Waals surface area contributed by atoms with Gasteiger partial charge in [0.05, 0.1) is 31.0 Å². The summed E-state index contributed by atoms with van der Waals surface area (Å²) < 4.78 is 24.0. The Kier molecular flexibility index (Phi) is 5.43. The molecular formula is C16H19BFN3O9. The van der Waals surface area contributed by atoms with E-state index in [1.54, 1.807) is 0 Å². The molecule has 12 nitrogen and oxygen atoms in total. The molecule has 2 fully saturated rings. The summed E-state index contributed by atoms with van der Waals surface area (Å²) >= 11 is 0. The maximum Gasteiger partial charge on any atom is 0.415 e. The lowest BCUT2D eigenvalue weighted by molar-refractivity contribution is -0.397. The highest BCUT2D eigenvalue weighted by atomic mass is 19.1. The first-order valence-corrected chi connectivity index (χ1v) is 8.61. The van der Waals surface area contributed by atoms with Crippen molar-refractivity contribution in [3.63, 3.8) is 0 Å². The fraction of sp³-hybridized carbons (Fsp3) is 0.500. The maximum atomic E-state index is 14.7. The molecule has 14 heteroatoms. The minimum atomic E-state index is -2.84. The summed E-state index contributed by atoms with van der Waals surface area (Å²) in [4.78, 5) is 25.1. The molecule has 6 N–H and O–H groups in total. The van der Waals surface area contributed by atoms with Crippen LogP contribution in [0.2, 0.25) is 0 Å². The summed E-state index contributed by atoms with van der Waals surface area (Å²) in [6.45, 7) is -0.508. The molecule has 2 saturated heterocycles. The minimum absolute atomic E-state index is 0.0158. The van der Waals surface area contributed by atoms with Crippen molar-refractivity contribution in [2.75, 3.05) is 29.4 Å². The van der Waals surface area contributed by atoms with E-state index in [1.807, 2.05) is 5.32 Å². The molecule has 2 atom stereocenters. The molecule has 0 aliphatic carbocycles. The fourth-order valence-corrected chi connectivity index (χ4v) is 3.24. The predicted octanol–water partition coefficient (Wildman–Crippen LogP) is -2.78. The van der Waals surface area contributed by atoms with Crippen LogP contribution in [0.3, 0.4) is 0 Å². The van der Waals surface area contributed by atoms with Crippen LogP contribution in [0.1, 0.15) is 6.92 Å². The molecule has 2 aliphatic rings. The van der Waals surface area contributed by atoms with Crippen LogP contribution in [0, 0.1) is 5.82 Å². The summed E-state index contributed by atoms with van der Waals surface area (Å²) in [7, 11) is 5.37. The van der Waals surface area contributed by atoms with Gasteiger partial charge in [-0.3, -0.25) is 9.69 Å². The standard InChI is InChI=1S/C16H19BFN3O9/c1-8(22)19-16(27,28)12-5-21(13(23)29-12)9-2-3-11(10(18)4-9)20-6-14(17,24)30-15(25,26)7-20/h2-4,12,24-28H,5-7H2,1H3,(H,19,22). The van der Waals surface area contributed by atoms with Crippen molar-refractivity contribution in [1.82, 2.24) is 5.32 Å². The average Bonchev–Trinajstić information content (AvgIpc) is 2.93. The minimum Gasteiger partial charge on any atom is -0.436 e. The van der Waals surface area contributed by atoms with E-state index in [-0.39, 0.29) is 11.4 Å². The fourth-order valence-electron chi connectivity index (χ4n) is 3.24. The van der Waals surface area contributed by atoms with Gasteiger partial charge in [-0.2, -0.15) is 0 Å². The number of nitrogens with one attached hydrogen (secondary N) is 1. The highest BCUT2D eigenvalue weighted by molar-refractivity contribution is 6.13. The van der Waals surface area contributed by atoms with Gasteiger partial charge in [-0.15, -0.1) is 0 Å². The normalized spacial score (nSPS) is 26.5. The molecule has 2 amide bonds. The van der Waals surface area contributed by atoms with Gasteiger partial charge < -0.3 is 45.2 Å². The Morgan fingerprint density at radius 3 is 2.57 bits per heavy atom. The van der Waals surface area contributed by atoms with Crippen LogP contribution in [-0.4, -0.2) is 88.7 Å². The number of benzene rings is 1. The summed E-state index contributed by atoms with van der Waals surface area (Å²) in [6.07, 6.45) is -2.56. The number of anilines is 2. The van der Waals surface area contributed by atoms with E-state index in [1.165, 1.54) is 12.1 Å². The van der Waals surface area contributed by atoms with Crippen molar-refractivity contribution in [3.05, 3.63) is 24.0 Å². The number of β-amino-alcohol motifs (C(OH)–C–C–N with tert-alkyl or cyclic N) is 3. The number of carbonyl (C=O) groups excluding carboxylic acids is 2. The van der Waals surface area contributed by atoms with Gasteiger partial charge in [-0.25, -0.2) is 9.18 Å². The third-order valence-electron chi connectivity index (χ3n) is 4.36. The zero-order chi connectivity index (χ0) is 22.5. The molecule has 1 aromatic carbocycles. The third kappa shape index (κ3) is 4.64. The molecule has 2 unspecified atom stereocenters. The number of carbonyl (C=O) groups is 2. The number of hydrogen-bond donors (Lipinski definition) is 6. The number of morpholine rings is 1. The number of nitrogens with zero attached hydrogens (tertiary/aromatic N) is 2. The Balaban J connectivity index is 1.80. The van der Waals surface area contributed by atoms with Gasteiger partial charge in [0.15, 0.2) is 14.0 Å². The third-order valence-corrected chi connectivity index (χ3v) is 4.36. The summed E-state index contributed by atoms with van der Waals surface area (Å²) in [5.74, 6) is -7.37. The van der Waals surface area contributed by atoms with E-state index in [2.05, 4.69) is 4.74 Å². The van der Waals surface area contributed by atoms with Gasteiger partial charge >= 0.3 is 6.09 Å². The lowest BCUT2D eigenvalue weighted by atomic mass is 9.92. The maximum absolute atomic E-state index is 14.7. The van der Waals surface area contributed by atoms with Crippen LogP contribution in [0.25, 0.3) is 0 Å². The van der Waals surface area contributed by atoms with Crippen LogP contribution in [0.4, 0.5) is 20.6 Å². The molecule has 0 bridgehead atoms. The molecule has 3 rings (SSSR count). The second-order valence-electron chi connectivity index (χ2n) is 7.07. The van der Waals surface area contributed by atoms with E-state index in [9.17, 15) is 39.5 Å². The predicted molar refractivity (Wildman–Crippen MR) is 96.2 cm³/mol. The molecule has 0 aromatic heterocycles. The van der Waals surface area contributed by atoms with Crippen molar-refractivity contribution in [3.8, 4) is 0 Å². The quantitative estimate of drug-likeness (QED) is 0.218. The van der Waals surface area contributed by atoms with Crippen molar-refractivity contribution >= 4 is 31.2 Å². The Labute approximate surface area is 170 Å². The zero-order valence-corrected chi connectivity index (χ0v) is 15.6. The number of ether oxygens (including phenoxy) is 2. The molecule has 162 valence electrons. The lowest BCUT2D eigenvalue weighted by Crippen LogP contribution is -2.62. The van der Waals surface area contributed by atoms with Crippen molar-refractivity contribution in [1.29, 1.82) is 0 Å². The van der Waals surface area contributed by atoms with Crippen LogP contribution >= 0.6 is 0 Å². The Morgan fingerprint density at radius 2 is 2.00 bits per heavy atom. The number of rotatable bonds is 4. The zero-order valence-electron chi connectivity index (χ0n) is 15.6. The molecule has 2 aliphatic heterocycles. The van der Waals surface area contributed by atoms with Crippen LogP contribution in [0.15, 0.2) is 18.2 Å². The monoisotopic (exact) mass is 427 g/mol. The number of halogens is 1. The molecule has 2 radical (unpaired) electrons. The van der Waals surface area contributed by atoms with E-state index in [0.29, 0.717) is 0 Å². The molecule has 0 saturated carbocycles. The van der Waals surface area contributed by atoms with Crippen LogP contribution in [-0.2, 0) is 14.3 Å². The largest absolute Gasteiger partial charge is 0.436 e. The van der Waals surface area contributed by atoms with Gasteiger partial charge in [0, 0.05) is 6.92 Å². The second-order valence-corrected chi connectivity index (χ2v) is 7.07. The van der Waals surface area contributed by atoms with Crippen molar-refractivity contribution in [2.24, 2.45) is 0 Å². The Hall–Kier alpha value is -2.49. The smallest absolute Gasteiger partial charge is 0.415 e. The topological polar surface area (TPSA) is 172 Å². The van der Waals surface area contributed by atoms with Gasteiger partial charge in [-0.1, -0.05) is 0 Å². The number of amides is 2. The highest BCUT2D eigenvalue weighted by Crippen LogP contribution is 2.32. The first-order chi connectivity index (χ1) is 13.7. The van der Waals surface area contributed by atoms with E-state index < -0.39 is 61.1 Å². The van der Waals surface area contributed by atoms with Gasteiger partial charge in [0.2, 0.25) is 5.91 Å². The van der Waals surface area contributed by atoms with E-state index in [0.717, 1.165) is 22.8 Å².